The maximum atomic E-state index is 13.6. The molecule has 0 N–H and O–H groups in total. The first-order valence-electron chi connectivity index (χ1n) is 8.90. The van der Waals surface area contributed by atoms with Gasteiger partial charge in [-0.05, 0) is 42.6 Å². The molecule has 0 aliphatic heterocycles. The number of benzene rings is 2. The van der Waals surface area contributed by atoms with E-state index < -0.39 is 29.1 Å². The molecule has 4 rings (SSSR count). The zero-order valence-corrected chi connectivity index (χ0v) is 16.7. The normalized spacial score (nSPS) is 11.5. The fraction of sp³-hybridized carbons (Fsp3) is 0.0909. The van der Waals surface area contributed by atoms with Gasteiger partial charge in [0.05, 0.1) is 5.39 Å². The first-order chi connectivity index (χ1) is 14.7. The number of esters is 1. The van der Waals surface area contributed by atoms with E-state index in [0.717, 1.165) is 23.0 Å². The van der Waals surface area contributed by atoms with Gasteiger partial charge in [-0.25, -0.2) is 4.79 Å². The molecule has 2 heterocycles. The molecule has 5 nitrogen and oxygen atoms in total. The number of aryl methyl sites for hydroxylation is 1. The zero-order valence-electron chi connectivity index (χ0n) is 15.9. The number of ether oxygens (including phenoxy) is 2. The Kier molecular flexibility index (Phi) is 5.28. The van der Waals surface area contributed by atoms with Crippen molar-refractivity contribution in [2.45, 2.75) is 13.1 Å². The van der Waals surface area contributed by atoms with E-state index in [2.05, 4.69) is 0 Å². The molecule has 0 fully saturated rings. The fourth-order valence-electron chi connectivity index (χ4n) is 2.78. The molecular weight excluding hydrogens is 433 g/mol. The van der Waals surface area contributed by atoms with E-state index in [1.807, 2.05) is 0 Å². The number of fused-ring (bicyclic) bond motifs is 1. The maximum absolute atomic E-state index is 13.6. The van der Waals surface area contributed by atoms with Crippen LogP contribution in [0, 0.1) is 6.92 Å². The Hall–Kier alpha value is -3.59. The molecule has 0 radical (unpaired) electrons. The van der Waals surface area contributed by atoms with Crippen molar-refractivity contribution in [3.63, 3.8) is 0 Å². The number of rotatable bonds is 4. The van der Waals surface area contributed by atoms with E-state index in [4.69, 9.17) is 13.9 Å². The lowest BCUT2D eigenvalue weighted by Gasteiger charge is -2.13. The van der Waals surface area contributed by atoms with Crippen LogP contribution in [0.1, 0.15) is 21.0 Å². The van der Waals surface area contributed by atoms with E-state index in [9.17, 15) is 22.8 Å². The van der Waals surface area contributed by atoms with Gasteiger partial charge in [-0.2, -0.15) is 13.2 Å². The standard InChI is InChI=1S/C22H13F3O5S/c1-12-4-6-13(7-5-12)28-19-18(26)15-9-8-14(29-21(27)17-3-2-10-31-17)11-16(15)30-20(19)22(23,24)25/h2-11H,1H3. The number of carbonyl (C=O) groups excluding carboxylic acids is 1. The van der Waals surface area contributed by atoms with Gasteiger partial charge in [0.2, 0.25) is 11.2 Å². The molecule has 0 amide bonds. The Morgan fingerprint density at radius 2 is 1.74 bits per heavy atom. The third kappa shape index (κ3) is 4.31. The molecular formula is C22H13F3O5S. The third-order valence-corrected chi connectivity index (χ3v) is 5.10. The van der Waals surface area contributed by atoms with E-state index >= 15 is 0 Å². The summed E-state index contributed by atoms with van der Waals surface area (Å²) in [5, 5.41) is 1.53. The van der Waals surface area contributed by atoms with Gasteiger partial charge in [-0.15, -0.1) is 11.3 Å². The predicted molar refractivity (Wildman–Crippen MR) is 108 cm³/mol. The van der Waals surface area contributed by atoms with E-state index in [-0.39, 0.29) is 22.5 Å². The second-order valence-electron chi connectivity index (χ2n) is 6.53. The lowest BCUT2D eigenvalue weighted by molar-refractivity contribution is -0.154. The van der Waals surface area contributed by atoms with E-state index in [1.165, 1.54) is 24.3 Å². The van der Waals surface area contributed by atoms with Crippen LogP contribution >= 0.6 is 11.3 Å². The summed E-state index contributed by atoms with van der Waals surface area (Å²) in [4.78, 5) is 25.2. The number of hydrogen-bond donors (Lipinski definition) is 0. The summed E-state index contributed by atoms with van der Waals surface area (Å²) in [6.07, 6.45) is -4.99. The maximum Gasteiger partial charge on any atom is 0.453 e. The molecule has 31 heavy (non-hydrogen) atoms. The van der Waals surface area contributed by atoms with Crippen molar-refractivity contribution >= 4 is 28.3 Å². The van der Waals surface area contributed by atoms with Gasteiger partial charge >= 0.3 is 12.1 Å². The Bertz CT molecular complexity index is 1310. The highest BCUT2D eigenvalue weighted by Gasteiger charge is 2.40. The topological polar surface area (TPSA) is 65.7 Å². The van der Waals surface area contributed by atoms with Crippen LogP contribution in [0.3, 0.4) is 0 Å². The van der Waals surface area contributed by atoms with Crippen molar-refractivity contribution in [1.29, 1.82) is 0 Å². The SMILES string of the molecule is Cc1ccc(Oc2c(C(F)(F)F)oc3cc(OC(=O)c4cccs4)ccc3c2=O)cc1. The molecule has 0 saturated carbocycles. The van der Waals surface area contributed by atoms with Crippen molar-refractivity contribution in [1.82, 2.24) is 0 Å². The van der Waals surface area contributed by atoms with Crippen molar-refractivity contribution in [3.05, 3.63) is 86.4 Å². The molecule has 0 atom stereocenters. The molecule has 0 aliphatic rings. The Balaban J connectivity index is 1.78. The number of carbonyl (C=O) groups is 1. The Morgan fingerprint density at radius 1 is 1.03 bits per heavy atom. The van der Waals surface area contributed by atoms with Gasteiger partial charge in [0.15, 0.2) is 0 Å². The summed E-state index contributed by atoms with van der Waals surface area (Å²) in [6, 6.07) is 13.0. The summed E-state index contributed by atoms with van der Waals surface area (Å²) in [5.74, 6) is -3.22. The minimum atomic E-state index is -4.99. The van der Waals surface area contributed by atoms with Crippen LogP contribution in [0.25, 0.3) is 11.0 Å². The molecule has 4 aromatic rings. The average molecular weight is 446 g/mol. The third-order valence-electron chi connectivity index (χ3n) is 4.25. The van der Waals surface area contributed by atoms with Gasteiger partial charge in [0.1, 0.15) is 22.0 Å². The van der Waals surface area contributed by atoms with Gasteiger partial charge in [0.25, 0.3) is 5.76 Å². The lowest BCUT2D eigenvalue weighted by atomic mass is 10.2. The number of hydrogen-bond acceptors (Lipinski definition) is 6. The van der Waals surface area contributed by atoms with Gasteiger partial charge in [0, 0.05) is 6.07 Å². The zero-order chi connectivity index (χ0) is 22.2. The summed E-state index contributed by atoms with van der Waals surface area (Å²) in [6.45, 7) is 1.80. The van der Waals surface area contributed by atoms with Crippen LogP contribution in [0.5, 0.6) is 17.2 Å². The highest BCUT2D eigenvalue weighted by molar-refractivity contribution is 7.12. The number of alkyl halides is 3. The van der Waals surface area contributed by atoms with Crippen LogP contribution in [0.2, 0.25) is 0 Å². The molecule has 0 aliphatic carbocycles. The minimum absolute atomic E-state index is 0.0595. The van der Waals surface area contributed by atoms with Crippen molar-refractivity contribution in [3.8, 4) is 17.2 Å². The highest BCUT2D eigenvalue weighted by Crippen LogP contribution is 2.38. The van der Waals surface area contributed by atoms with Crippen molar-refractivity contribution in [2.24, 2.45) is 0 Å². The molecule has 0 spiro atoms. The first-order valence-corrected chi connectivity index (χ1v) is 9.78. The van der Waals surface area contributed by atoms with Crippen LogP contribution in [0.4, 0.5) is 13.2 Å². The van der Waals surface area contributed by atoms with E-state index in [0.29, 0.717) is 4.88 Å². The van der Waals surface area contributed by atoms with Gasteiger partial charge < -0.3 is 13.9 Å². The quantitative estimate of drug-likeness (QED) is 0.276. The predicted octanol–water partition coefficient (Wildman–Crippen LogP) is 6.19. The van der Waals surface area contributed by atoms with Crippen LogP contribution in [-0.2, 0) is 6.18 Å². The van der Waals surface area contributed by atoms with Crippen LogP contribution in [0.15, 0.2) is 69.2 Å². The largest absolute Gasteiger partial charge is 0.453 e. The second-order valence-corrected chi connectivity index (χ2v) is 7.47. The molecule has 0 unspecified atom stereocenters. The highest BCUT2D eigenvalue weighted by atomic mass is 32.1. The molecule has 2 aromatic heterocycles. The summed E-state index contributed by atoms with van der Waals surface area (Å²) in [5.41, 5.74) is -0.506. The second kappa shape index (κ2) is 7.92. The summed E-state index contributed by atoms with van der Waals surface area (Å²) >= 11 is 1.15. The van der Waals surface area contributed by atoms with Crippen LogP contribution in [-0.4, -0.2) is 5.97 Å². The molecule has 158 valence electrons. The minimum Gasteiger partial charge on any atom is -0.449 e. The lowest BCUT2D eigenvalue weighted by Crippen LogP contribution is -2.15. The molecule has 0 bridgehead atoms. The Morgan fingerprint density at radius 3 is 2.39 bits per heavy atom. The monoisotopic (exact) mass is 446 g/mol. The van der Waals surface area contributed by atoms with Crippen molar-refractivity contribution < 1.29 is 31.9 Å². The number of halogens is 3. The van der Waals surface area contributed by atoms with Gasteiger partial charge in [-0.3, -0.25) is 4.79 Å². The Labute approximate surface area is 177 Å². The smallest absolute Gasteiger partial charge is 0.449 e. The molecule has 2 aromatic carbocycles. The van der Waals surface area contributed by atoms with Crippen LogP contribution < -0.4 is 14.9 Å². The van der Waals surface area contributed by atoms with Gasteiger partial charge in [-0.1, -0.05) is 23.8 Å². The number of thiophene rings is 1. The van der Waals surface area contributed by atoms with E-state index in [1.54, 1.807) is 36.6 Å². The first kappa shape index (κ1) is 20.7. The summed E-state index contributed by atoms with van der Waals surface area (Å²) in [7, 11) is 0. The molecule has 9 heteroatoms. The summed E-state index contributed by atoms with van der Waals surface area (Å²) < 4.78 is 56.3. The van der Waals surface area contributed by atoms with Crippen molar-refractivity contribution in [2.75, 3.05) is 0 Å². The average Bonchev–Trinajstić information content (AvgIpc) is 3.26. The fourth-order valence-corrected chi connectivity index (χ4v) is 3.37. The molecule has 0 saturated heterocycles.